The van der Waals surface area contributed by atoms with Crippen LogP contribution in [0.2, 0.25) is 4.88 Å². The molecule has 0 aliphatic carbocycles. The summed E-state index contributed by atoms with van der Waals surface area (Å²) in [6.45, 7) is 9.63. The maximum absolute atomic E-state index is 6.19. The first-order valence-electron chi connectivity index (χ1n) is 8.56. The van der Waals surface area contributed by atoms with Gasteiger partial charge in [-0.1, -0.05) is 0 Å². The Balaban J connectivity index is 1.52. The van der Waals surface area contributed by atoms with E-state index >= 15 is 0 Å². The Morgan fingerprint density at radius 2 is 1.00 bits per heavy atom. The standard InChI is InChI=1S/C13H26GeN2O6Si/c1-7-17-14(18-8-2-15(1)3-9-19-14)13-23-20-10-4-16(5-11-21-23)6-12-22-23/h1-13H2. The molecule has 0 aromatic heterocycles. The van der Waals surface area contributed by atoms with Gasteiger partial charge in [0.15, 0.2) is 0 Å². The summed E-state index contributed by atoms with van der Waals surface area (Å²) < 4.78 is 37.0. The van der Waals surface area contributed by atoms with Crippen molar-refractivity contribution < 1.29 is 24.6 Å². The van der Waals surface area contributed by atoms with Crippen LogP contribution in [0.5, 0.6) is 0 Å². The predicted octanol–water partition coefficient (Wildman–Crippen LogP) is -0.839. The van der Waals surface area contributed by atoms with Crippen molar-refractivity contribution in [3.63, 3.8) is 0 Å². The Morgan fingerprint density at radius 1 is 0.609 bits per heavy atom. The molecule has 8 nitrogen and oxygen atoms in total. The molecule has 6 fully saturated rings. The van der Waals surface area contributed by atoms with Crippen molar-refractivity contribution >= 4 is 23.1 Å². The molecular formula is C13H26GeN2O6Si. The Labute approximate surface area is 141 Å². The van der Waals surface area contributed by atoms with E-state index in [-0.39, 0.29) is 0 Å². The van der Waals surface area contributed by atoms with E-state index < -0.39 is 23.1 Å². The molecule has 6 aliphatic rings. The van der Waals surface area contributed by atoms with Crippen molar-refractivity contribution in [1.82, 2.24) is 9.80 Å². The van der Waals surface area contributed by atoms with Crippen molar-refractivity contribution in [2.24, 2.45) is 0 Å². The molecule has 4 bridgehead atoms. The van der Waals surface area contributed by atoms with E-state index in [4.69, 9.17) is 24.6 Å². The van der Waals surface area contributed by atoms with Gasteiger partial charge in [0.1, 0.15) is 0 Å². The minimum atomic E-state index is -3.40. The molecule has 0 saturated carbocycles. The van der Waals surface area contributed by atoms with Crippen LogP contribution in [-0.4, -0.2) is 112 Å². The summed E-state index contributed by atoms with van der Waals surface area (Å²) in [5, 5.41) is 0. The van der Waals surface area contributed by atoms with Crippen LogP contribution in [-0.2, 0) is 24.6 Å². The van der Waals surface area contributed by atoms with Crippen molar-refractivity contribution in [3.8, 4) is 0 Å². The van der Waals surface area contributed by atoms with E-state index in [2.05, 4.69) is 9.80 Å². The summed E-state index contributed by atoms with van der Waals surface area (Å²) in [7, 11) is -2.78. The summed E-state index contributed by atoms with van der Waals surface area (Å²) in [4.78, 5) is 5.23. The van der Waals surface area contributed by atoms with Gasteiger partial charge >= 0.3 is 141 Å². The van der Waals surface area contributed by atoms with Crippen LogP contribution in [0.3, 0.4) is 0 Å². The molecule has 0 radical (unpaired) electrons. The third kappa shape index (κ3) is 4.00. The van der Waals surface area contributed by atoms with E-state index in [0.29, 0.717) is 44.5 Å². The maximum atomic E-state index is 6.19. The minimum absolute atomic E-state index is 0.590. The third-order valence-electron chi connectivity index (χ3n) is 4.81. The van der Waals surface area contributed by atoms with Crippen molar-refractivity contribution in [1.29, 1.82) is 0 Å². The second-order valence-electron chi connectivity index (χ2n) is 6.32. The molecule has 0 unspecified atom stereocenters. The van der Waals surface area contributed by atoms with Gasteiger partial charge in [-0.2, -0.15) is 0 Å². The van der Waals surface area contributed by atoms with E-state index in [0.717, 1.165) is 39.3 Å². The molecule has 0 aromatic carbocycles. The number of nitrogens with zero attached hydrogens (tertiary/aromatic N) is 2. The second-order valence-corrected chi connectivity index (χ2v) is 15.8. The molecule has 6 aliphatic heterocycles. The zero-order valence-corrected chi connectivity index (χ0v) is 16.6. The SMILES string of the molecule is C1CN2CCO[Si]([CH2][Ge]34[O]CCN(CC[O]3)CC[O]4)(O1)OCC2. The van der Waals surface area contributed by atoms with Gasteiger partial charge in [-0.25, -0.2) is 0 Å². The van der Waals surface area contributed by atoms with Crippen LogP contribution in [0.25, 0.3) is 0 Å². The first-order valence-corrected chi connectivity index (χ1v) is 14.5. The summed E-state index contributed by atoms with van der Waals surface area (Å²) in [5.41, 5.74) is 0. The molecule has 0 amide bonds. The zero-order valence-electron chi connectivity index (χ0n) is 13.5. The molecule has 6 saturated heterocycles. The average Bonchev–Trinajstić information content (AvgIpc) is 2.41. The molecule has 0 aromatic rings. The average molecular weight is 407 g/mol. The van der Waals surface area contributed by atoms with Gasteiger partial charge in [0, 0.05) is 0 Å². The summed E-state index contributed by atoms with van der Waals surface area (Å²) in [6.07, 6.45) is 0. The fraction of sp³-hybridized carbons (Fsp3) is 1.00. The Bertz CT molecular complexity index is 331. The van der Waals surface area contributed by atoms with Gasteiger partial charge in [-0.05, 0) is 0 Å². The quantitative estimate of drug-likeness (QED) is 0.550. The molecular weight excluding hydrogens is 381 g/mol. The molecule has 0 N–H and O–H groups in total. The number of rotatable bonds is 2. The molecule has 6 rings (SSSR count). The summed E-state index contributed by atoms with van der Waals surface area (Å²) in [6, 6.07) is 0. The Kier molecular flexibility index (Phi) is 5.40. The normalized spacial score (nSPS) is 45.4. The van der Waals surface area contributed by atoms with Gasteiger partial charge in [0.25, 0.3) is 0 Å². The van der Waals surface area contributed by atoms with Gasteiger partial charge < -0.3 is 0 Å². The van der Waals surface area contributed by atoms with E-state index in [1.54, 1.807) is 0 Å². The monoisotopic (exact) mass is 408 g/mol. The topological polar surface area (TPSA) is 61.9 Å². The van der Waals surface area contributed by atoms with Crippen LogP contribution in [0, 0.1) is 0 Å². The fourth-order valence-electron chi connectivity index (χ4n) is 3.47. The molecule has 132 valence electrons. The second kappa shape index (κ2) is 7.36. The van der Waals surface area contributed by atoms with Gasteiger partial charge in [0.2, 0.25) is 0 Å². The molecule has 23 heavy (non-hydrogen) atoms. The zero-order chi connectivity index (χ0) is 15.6. The molecule has 0 atom stereocenters. The molecule has 6 heterocycles. The van der Waals surface area contributed by atoms with Crippen molar-refractivity contribution in [2.45, 2.75) is 4.88 Å². The molecule has 0 spiro atoms. The summed E-state index contributed by atoms with van der Waals surface area (Å²) >= 11 is -3.40. The van der Waals surface area contributed by atoms with Crippen LogP contribution >= 0.6 is 0 Å². The predicted molar refractivity (Wildman–Crippen MR) is 84.9 cm³/mol. The Hall–Kier alpha value is 0.440. The van der Waals surface area contributed by atoms with Crippen molar-refractivity contribution in [2.75, 3.05) is 78.9 Å². The fourth-order valence-corrected chi connectivity index (χ4v) is 16.3. The van der Waals surface area contributed by atoms with Crippen molar-refractivity contribution in [3.05, 3.63) is 0 Å². The Morgan fingerprint density at radius 3 is 1.43 bits per heavy atom. The van der Waals surface area contributed by atoms with Gasteiger partial charge in [-0.15, -0.1) is 0 Å². The first kappa shape index (κ1) is 16.9. The van der Waals surface area contributed by atoms with Crippen LogP contribution in [0.4, 0.5) is 0 Å². The van der Waals surface area contributed by atoms with Crippen LogP contribution < -0.4 is 0 Å². The van der Waals surface area contributed by atoms with Crippen LogP contribution in [0.1, 0.15) is 0 Å². The first-order chi connectivity index (χ1) is 11.3. The van der Waals surface area contributed by atoms with Gasteiger partial charge in [0.05, 0.1) is 0 Å². The molecule has 10 heteroatoms. The van der Waals surface area contributed by atoms with Crippen LogP contribution in [0.15, 0.2) is 0 Å². The van der Waals surface area contributed by atoms with Gasteiger partial charge in [-0.3, -0.25) is 0 Å². The number of hydrogen-bond donors (Lipinski definition) is 0. The number of hydrogen-bond acceptors (Lipinski definition) is 8. The van der Waals surface area contributed by atoms with E-state index in [1.807, 2.05) is 0 Å². The summed E-state index contributed by atoms with van der Waals surface area (Å²) in [5.74, 6) is 0. The van der Waals surface area contributed by atoms with E-state index in [9.17, 15) is 0 Å². The van der Waals surface area contributed by atoms with E-state index in [1.165, 1.54) is 0 Å². The number of fused-ring (bicyclic) bond motifs is 12. The third-order valence-corrected chi connectivity index (χ3v) is 17.1.